The molecule has 3 N–H and O–H groups in total. The van der Waals surface area contributed by atoms with E-state index in [9.17, 15) is 28.5 Å². The molecule has 9 nitrogen and oxygen atoms in total. The number of hydrogen-bond donors (Lipinski definition) is 3. The van der Waals surface area contributed by atoms with Crippen molar-refractivity contribution in [3.05, 3.63) is 40.6 Å². The molecule has 0 atom stereocenters. The number of benzene rings is 2. The number of aromatic hydroxyl groups is 3. The topological polar surface area (TPSA) is 144 Å². The zero-order valence-corrected chi connectivity index (χ0v) is 12.9. The van der Waals surface area contributed by atoms with Crippen LogP contribution in [0.25, 0.3) is 22.3 Å². The minimum absolute atomic E-state index is 0.0636. The molecule has 3 aromatic rings. The minimum atomic E-state index is -4.83. The molecule has 0 radical (unpaired) electrons. The Morgan fingerprint density at radius 2 is 1.56 bits per heavy atom. The summed E-state index contributed by atoms with van der Waals surface area (Å²) in [6.45, 7) is 0. The Labute approximate surface area is 139 Å². The van der Waals surface area contributed by atoms with Crippen LogP contribution in [0.1, 0.15) is 0 Å². The summed E-state index contributed by atoms with van der Waals surface area (Å²) in [4.78, 5) is 12.6. The normalized spacial score (nSPS) is 14.7. The molecule has 1 aliphatic heterocycles. The minimum Gasteiger partial charge on any atom is -0.508 e. The molecule has 1 aromatic heterocycles. The second-order valence-corrected chi connectivity index (χ2v) is 6.31. The molecular weight excluding hydrogens is 356 g/mol. The van der Waals surface area contributed by atoms with Gasteiger partial charge in [0.2, 0.25) is 16.9 Å². The van der Waals surface area contributed by atoms with E-state index in [1.807, 2.05) is 0 Å². The molecule has 0 fully saturated rings. The van der Waals surface area contributed by atoms with E-state index in [0.717, 1.165) is 6.07 Å². The molecule has 128 valence electrons. The standard InChI is InChI=1S/C15H8O9S/c16-7-3-1-6(2-4-7)13-15-12(19)10-9(22-13)5-8(17)14(11(10)18)23-25(20,21)24-15/h1-5,16-18H. The fourth-order valence-electron chi connectivity index (χ4n) is 2.47. The molecule has 25 heavy (non-hydrogen) atoms. The van der Waals surface area contributed by atoms with Crippen LogP contribution in [0.4, 0.5) is 0 Å². The Hall–Kier alpha value is -3.40. The lowest BCUT2D eigenvalue weighted by Gasteiger charge is -2.17. The highest BCUT2D eigenvalue weighted by molar-refractivity contribution is 7.82. The van der Waals surface area contributed by atoms with Gasteiger partial charge in [0.15, 0.2) is 17.3 Å². The molecule has 3 bridgehead atoms. The Morgan fingerprint density at radius 1 is 0.920 bits per heavy atom. The summed E-state index contributed by atoms with van der Waals surface area (Å²) in [5, 5.41) is 28.9. The summed E-state index contributed by atoms with van der Waals surface area (Å²) in [6.07, 6.45) is 0. The first kappa shape index (κ1) is 15.1. The van der Waals surface area contributed by atoms with Gasteiger partial charge in [-0.2, -0.15) is 0 Å². The molecule has 10 heteroatoms. The largest absolute Gasteiger partial charge is 0.508 e. The third-order valence-corrected chi connectivity index (χ3v) is 4.29. The molecule has 2 heterocycles. The summed E-state index contributed by atoms with van der Waals surface area (Å²) in [5.74, 6) is -3.53. The van der Waals surface area contributed by atoms with Gasteiger partial charge in [0.25, 0.3) is 0 Å². The number of phenolic OH excluding ortho intramolecular Hbond substituents is 3. The van der Waals surface area contributed by atoms with Crippen LogP contribution in [0.3, 0.4) is 0 Å². The van der Waals surface area contributed by atoms with Crippen LogP contribution in [-0.4, -0.2) is 23.7 Å². The molecule has 4 rings (SSSR count). The molecule has 0 spiro atoms. The highest BCUT2D eigenvalue weighted by Gasteiger charge is 2.33. The third-order valence-electron chi connectivity index (χ3n) is 3.55. The van der Waals surface area contributed by atoms with Crippen molar-refractivity contribution in [2.45, 2.75) is 0 Å². The maximum absolute atomic E-state index is 12.6. The van der Waals surface area contributed by atoms with Gasteiger partial charge in [-0.3, -0.25) is 4.79 Å². The van der Waals surface area contributed by atoms with Crippen molar-refractivity contribution in [1.29, 1.82) is 0 Å². The smallest absolute Gasteiger partial charge is 0.501 e. The first-order chi connectivity index (χ1) is 11.8. The Bertz CT molecular complexity index is 1190. The van der Waals surface area contributed by atoms with Gasteiger partial charge in [0.05, 0.1) is 0 Å². The predicted octanol–water partition coefficient (Wildman–Crippen LogP) is 1.59. The van der Waals surface area contributed by atoms with Crippen molar-refractivity contribution in [2.75, 3.05) is 0 Å². The Morgan fingerprint density at radius 3 is 2.24 bits per heavy atom. The van der Waals surface area contributed by atoms with E-state index in [1.165, 1.54) is 24.3 Å². The van der Waals surface area contributed by atoms with Gasteiger partial charge in [-0.05, 0) is 24.3 Å². The lowest BCUT2D eigenvalue weighted by Crippen LogP contribution is -2.23. The number of phenols is 3. The molecule has 0 unspecified atom stereocenters. The number of fused-ring (bicyclic) bond motifs is 2. The van der Waals surface area contributed by atoms with Crippen molar-refractivity contribution in [3.8, 4) is 40.1 Å². The van der Waals surface area contributed by atoms with Gasteiger partial charge in [-0.25, -0.2) is 0 Å². The molecule has 0 amide bonds. The quantitative estimate of drug-likeness (QED) is 0.586. The van der Waals surface area contributed by atoms with Gasteiger partial charge in [0, 0.05) is 11.6 Å². The van der Waals surface area contributed by atoms with Crippen LogP contribution < -0.4 is 13.8 Å². The van der Waals surface area contributed by atoms with E-state index < -0.39 is 44.2 Å². The third kappa shape index (κ3) is 2.22. The van der Waals surface area contributed by atoms with E-state index in [1.54, 1.807) is 0 Å². The van der Waals surface area contributed by atoms with Crippen LogP contribution in [-0.2, 0) is 10.4 Å². The zero-order chi connectivity index (χ0) is 17.9. The van der Waals surface area contributed by atoms with Crippen molar-refractivity contribution in [1.82, 2.24) is 0 Å². The van der Waals surface area contributed by atoms with Gasteiger partial charge < -0.3 is 28.1 Å². The lowest BCUT2D eigenvalue weighted by molar-refractivity contribution is 0.351. The summed E-state index contributed by atoms with van der Waals surface area (Å²) < 4.78 is 38.6. The van der Waals surface area contributed by atoms with Crippen LogP contribution in [0.15, 0.2) is 39.5 Å². The van der Waals surface area contributed by atoms with Crippen LogP contribution in [0.2, 0.25) is 0 Å². The number of hydrogen-bond acceptors (Lipinski definition) is 9. The van der Waals surface area contributed by atoms with Gasteiger partial charge in [0.1, 0.15) is 16.7 Å². The van der Waals surface area contributed by atoms with Crippen LogP contribution in [0.5, 0.6) is 28.7 Å². The summed E-state index contributed by atoms with van der Waals surface area (Å²) in [7, 11) is -4.83. The fourth-order valence-corrected chi connectivity index (χ4v) is 3.23. The van der Waals surface area contributed by atoms with Crippen molar-refractivity contribution >= 4 is 21.4 Å². The monoisotopic (exact) mass is 364 g/mol. The first-order valence-electron chi connectivity index (χ1n) is 6.76. The van der Waals surface area contributed by atoms with Gasteiger partial charge in [-0.15, -0.1) is 8.42 Å². The second kappa shape index (κ2) is 4.80. The molecule has 0 saturated heterocycles. The lowest BCUT2D eigenvalue weighted by atomic mass is 10.1. The molecule has 2 aromatic carbocycles. The highest BCUT2D eigenvalue weighted by Crippen LogP contribution is 2.45. The van der Waals surface area contributed by atoms with E-state index >= 15 is 0 Å². The predicted molar refractivity (Wildman–Crippen MR) is 83.1 cm³/mol. The van der Waals surface area contributed by atoms with E-state index in [4.69, 9.17) is 4.42 Å². The SMILES string of the molecule is O=c1c2c(-c3ccc(O)cc3)oc3cc(O)c(c(O)c13)OS(=O)(=O)O2. The van der Waals surface area contributed by atoms with Gasteiger partial charge >= 0.3 is 10.4 Å². The van der Waals surface area contributed by atoms with Crippen LogP contribution in [0, 0.1) is 0 Å². The van der Waals surface area contributed by atoms with E-state index in [0.29, 0.717) is 0 Å². The number of rotatable bonds is 1. The van der Waals surface area contributed by atoms with E-state index in [-0.39, 0.29) is 22.7 Å². The van der Waals surface area contributed by atoms with Gasteiger partial charge in [-0.1, -0.05) is 0 Å². The summed E-state index contributed by atoms with van der Waals surface area (Å²) in [6, 6.07) is 6.25. The Balaban J connectivity index is 2.19. The van der Waals surface area contributed by atoms with Crippen LogP contribution >= 0.6 is 0 Å². The molecular formula is C15H8O9S. The fraction of sp³-hybridized carbons (Fsp3) is 0. The van der Waals surface area contributed by atoms with E-state index in [2.05, 4.69) is 8.37 Å². The Kier molecular flexibility index (Phi) is 2.91. The van der Waals surface area contributed by atoms with Crippen molar-refractivity contribution in [3.63, 3.8) is 0 Å². The summed E-state index contributed by atoms with van der Waals surface area (Å²) in [5.41, 5.74) is -0.956. The highest BCUT2D eigenvalue weighted by atomic mass is 32.3. The average Bonchev–Trinajstić information content (AvgIpc) is 2.54. The first-order valence-corrected chi connectivity index (χ1v) is 8.09. The molecule has 0 saturated carbocycles. The zero-order valence-electron chi connectivity index (χ0n) is 12.1. The van der Waals surface area contributed by atoms with Crippen molar-refractivity contribution < 1.29 is 36.5 Å². The average molecular weight is 364 g/mol. The van der Waals surface area contributed by atoms with Crippen molar-refractivity contribution in [2.24, 2.45) is 0 Å². The molecule has 1 aliphatic rings. The second-order valence-electron chi connectivity index (χ2n) is 5.16. The maximum atomic E-state index is 12.6. The molecule has 0 aliphatic carbocycles. The summed E-state index contributed by atoms with van der Waals surface area (Å²) >= 11 is 0. The maximum Gasteiger partial charge on any atom is 0.501 e.